The number of nitrogens with one attached hydrogen (secondary N) is 2. The van der Waals surface area contributed by atoms with Gasteiger partial charge in [0.1, 0.15) is 0 Å². The molecule has 0 aliphatic carbocycles. The van der Waals surface area contributed by atoms with E-state index >= 15 is 0 Å². The second-order valence-electron chi connectivity index (χ2n) is 5.86. The van der Waals surface area contributed by atoms with Crippen molar-refractivity contribution in [2.75, 3.05) is 6.54 Å². The van der Waals surface area contributed by atoms with E-state index < -0.39 is 0 Å². The molecule has 0 fully saturated rings. The smallest absolute Gasteiger partial charge is 0.0357 e. The first-order chi connectivity index (χ1) is 11.4. The second kappa shape index (κ2) is 8.47. The molecule has 2 heteroatoms. The van der Waals surface area contributed by atoms with Gasteiger partial charge in [-0.25, -0.2) is 0 Å². The number of rotatable bonds is 8. The minimum Gasteiger partial charge on any atom is -0.258 e. The lowest BCUT2D eigenvalue weighted by Crippen LogP contribution is -2.32. The molecule has 2 nitrogen and oxygen atoms in total. The summed E-state index contributed by atoms with van der Waals surface area (Å²) in [4.78, 5) is 0. The van der Waals surface area contributed by atoms with Gasteiger partial charge in [-0.2, -0.15) is 0 Å². The van der Waals surface area contributed by atoms with Gasteiger partial charge in [-0.1, -0.05) is 72.8 Å². The van der Waals surface area contributed by atoms with E-state index in [9.17, 15) is 0 Å². The quantitative estimate of drug-likeness (QED) is 0.474. The first kappa shape index (κ1) is 15.7. The van der Waals surface area contributed by atoms with Crippen LogP contribution in [0.15, 0.2) is 72.8 Å². The van der Waals surface area contributed by atoms with E-state index in [1.807, 2.05) is 0 Å². The molecule has 0 saturated heterocycles. The lowest BCUT2D eigenvalue weighted by Gasteiger charge is -2.09. The van der Waals surface area contributed by atoms with Crippen LogP contribution in [-0.4, -0.2) is 6.54 Å². The Morgan fingerprint density at radius 3 is 2.35 bits per heavy atom. The molecule has 2 N–H and O–H groups in total. The van der Waals surface area contributed by atoms with Gasteiger partial charge in [-0.05, 0) is 41.2 Å². The van der Waals surface area contributed by atoms with Gasteiger partial charge in [0, 0.05) is 13.1 Å². The molecule has 23 heavy (non-hydrogen) atoms. The Bertz CT molecular complexity index is 717. The number of hydrogen-bond donors (Lipinski definition) is 2. The highest BCUT2D eigenvalue weighted by Crippen LogP contribution is 2.17. The molecular formula is C21H24N2. The molecule has 0 spiro atoms. The maximum absolute atomic E-state index is 3.34. The van der Waals surface area contributed by atoms with Gasteiger partial charge in [-0.15, -0.1) is 0 Å². The van der Waals surface area contributed by atoms with E-state index in [0.717, 1.165) is 19.5 Å². The molecule has 3 aromatic rings. The van der Waals surface area contributed by atoms with Gasteiger partial charge in [0.05, 0.1) is 0 Å². The van der Waals surface area contributed by atoms with Gasteiger partial charge in [0.2, 0.25) is 0 Å². The molecule has 0 bridgehead atoms. The van der Waals surface area contributed by atoms with E-state index in [1.165, 1.54) is 34.7 Å². The van der Waals surface area contributed by atoms with Crippen LogP contribution in [-0.2, 0) is 13.0 Å². The Kier molecular flexibility index (Phi) is 5.79. The van der Waals surface area contributed by atoms with Crippen molar-refractivity contribution in [1.29, 1.82) is 0 Å². The van der Waals surface area contributed by atoms with E-state index in [2.05, 4.69) is 83.6 Å². The molecule has 0 amide bonds. The molecule has 0 aliphatic heterocycles. The summed E-state index contributed by atoms with van der Waals surface area (Å²) in [6.45, 7) is 1.84. The Hall–Kier alpha value is -2.16. The molecule has 0 aromatic heterocycles. The van der Waals surface area contributed by atoms with Gasteiger partial charge >= 0.3 is 0 Å². The highest BCUT2D eigenvalue weighted by Gasteiger charge is 1.99. The summed E-state index contributed by atoms with van der Waals surface area (Å²) in [5.41, 5.74) is 9.44. The summed E-state index contributed by atoms with van der Waals surface area (Å²) < 4.78 is 0. The third-order valence-electron chi connectivity index (χ3n) is 4.14. The van der Waals surface area contributed by atoms with Crippen LogP contribution < -0.4 is 10.9 Å². The van der Waals surface area contributed by atoms with E-state index in [1.54, 1.807) is 0 Å². The standard InChI is InChI=1S/C21H24N2/c1-2-9-18(10-3-1)11-6-7-16-22-23-17-20-14-8-13-19-12-4-5-15-21(19)20/h1-5,8-10,12-15,22-23H,6-7,11,16-17H2. The fourth-order valence-electron chi connectivity index (χ4n) is 2.88. The van der Waals surface area contributed by atoms with Crippen molar-refractivity contribution in [3.8, 4) is 0 Å². The zero-order valence-corrected chi connectivity index (χ0v) is 13.5. The minimum atomic E-state index is 0.847. The van der Waals surface area contributed by atoms with Crippen molar-refractivity contribution in [2.24, 2.45) is 0 Å². The van der Waals surface area contributed by atoms with Gasteiger partial charge < -0.3 is 0 Å². The molecule has 0 saturated carbocycles. The summed E-state index contributed by atoms with van der Waals surface area (Å²) in [5.74, 6) is 0. The third kappa shape index (κ3) is 4.65. The predicted molar refractivity (Wildman–Crippen MR) is 98.2 cm³/mol. The summed E-state index contributed by atoms with van der Waals surface area (Å²) in [6.07, 6.45) is 3.55. The first-order valence-corrected chi connectivity index (χ1v) is 8.40. The van der Waals surface area contributed by atoms with E-state index in [4.69, 9.17) is 0 Å². The Morgan fingerprint density at radius 2 is 1.43 bits per heavy atom. The van der Waals surface area contributed by atoms with Gasteiger partial charge in [-0.3, -0.25) is 10.9 Å². The maximum atomic E-state index is 3.34. The Morgan fingerprint density at radius 1 is 0.652 bits per heavy atom. The highest BCUT2D eigenvalue weighted by atomic mass is 15.3. The summed E-state index contributed by atoms with van der Waals surface area (Å²) in [6, 6.07) is 25.7. The van der Waals surface area contributed by atoms with Crippen LogP contribution in [0.3, 0.4) is 0 Å². The lowest BCUT2D eigenvalue weighted by atomic mass is 10.1. The molecule has 3 rings (SSSR count). The first-order valence-electron chi connectivity index (χ1n) is 8.40. The van der Waals surface area contributed by atoms with Gasteiger partial charge in [0.25, 0.3) is 0 Å². The van der Waals surface area contributed by atoms with Crippen LogP contribution in [0.5, 0.6) is 0 Å². The molecule has 0 atom stereocenters. The largest absolute Gasteiger partial charge is 0.258 e. The van der Waals surface area contributed by atoms with Crippen molar-refractivity contribution >= 4 is 10.8 Å². The third-order valence-corrected chi connectivity index (χ3v) is 4.14. The zero-order chi connectivity index (χ0) is 15.7. The molecule has 0 unspecified atom stereocenters. The molecular weight excluding hydrogens is 280 g/mol. The van der Waals surface area contributed by atoms with Crippen LogP contribution in [0, 0.1) is 0 Å². The number of fused-ring (bicyclic) bond motifs is 1. The molecule has 3 aromatic carbocycles. The number of hydrazine groups is 1. The molecule has 0 radical (unpaired) electrons. The average molecular weight is 304 g/mol. The second-order valence-corrected chi connectivity index (χ2v) is 5.86. The van der Waals surface area contributed by atoms with Crippen molar-refractivity contribution in [3.63, 3.8) is 0 Å². The summed E-state index contributed by atoms with van der Waals surface area (Å²) >= 11 is 0. The Labute approximate surface area is 138 Å². The molecule has 118 valence electrons. The number of unbranched alkanes of at least 4 members (excludes halogenated alkanes) is 1. The van der Waals surface area contributed by atoms with Crippen molar-refractivity contribution < 1.29 is 0 Å². The van der Waals surface area contributed by atoms with E-state index in [0.29, 0.717) is 0 Å². The monoisotopic (exact) mass is 304 g/mol. The topological polar surface area (TPSA) is 24.1 Å². The van der Waals surface area contributed by atoms with Crippen LogP contribution >= 0.6 is 0 Å². The average Bonchev–Trinajstić information content (AvgIpc) is 2.62. The summed E-state index contributed by atoms with van der Waals surface area (Å²) in [5, 5.41) is 2.63. The van der Waals surface area contributed by atoms with Crippen LogP contribution in [0.25, 0.3) is 10.8 Å². The minimum absolute atomic E-state index is 0.847. The lowest BCUT2D eigenvalue weighted by molar-refractivity contribution is 0.512. The van der Waals surface area contributed by atoms with Crippen molar-refractivity contribution in [3.05, 3.63) is 83.9 Å². The van der Waals surface area contributed by atoms with Crippen LogP contribution in [0.2, 0.25) is 0 Å². The summed E-state index contributed by atoms with van der Waals surface area (Å²) in [7, 11) is 0. The SMILES string of the molecule is c1ccc(CCCCNNCc2cccc3ccccc23)cc1. The predicted octanol–water partition coefficient (Wildman–Crippen LogP) is 4.46. The highest BCUT2D eigenvalue weighted by molar-refractivity contribution is 5.85. The maximum Gasteiger partial charge on any atom is 0.0357 e. The fourth-order valence-corrected chi connectivity index (χ4v) is 2.88. The van der Waals surface area contributed by atoms with E-state index in [-0.39, 0.29) is 0 Å². The number of benzene rings is 3. The number of hydrogen-bond acceptors (Lipinski definition) is 2. The van der Waals surface area contributed by atoms with Crippen molar-refractivity contribution in [2.45, 2.75) is 25.8 Å². The normalized spacial score (nSPS) is 11.0. The molecule has 0 heterocycles. The van der Waals surface area contributed by atoms with Crippen molar-refractivity contribution in [1.82, 2.24) is 10.9 Å². The van der Waals surface area contributed by atoms with Crippen LogP contribution in [0.1, 0.15) is 24.0 Å². The molecule has 0 aliphatic rings. The van der Waals surface area contributed by atoms with Crippen LogP contribution in [0.4, 0.5) is 0 Å². The fraction of sp³-hybridized carbons (Fsp3) is 0.238. The van der Waals surface area contributed by atoms with Gasteiger partial charge in [0.15, 0.2) is 0 Å². The Balaban J connectivity index is 1.37. The zero-order valence-electron chi connectivity index (χ0n) is 13.5. The number of aryl methyl sites for hydroxylation is 1.